The summed E-state index contributed by atoms with van der Waals surface area (Å²) >= 11 is 0. The lowest BCUT2D eigenvalue weighted by Crippen LogP contribution is -2.40. The molecule has 0 aliphatic heterocycles. The molecule has 2 aromatic rings. The van der Waals surface area contributed by atoms with E-state index in [0.29, 0.717) is 11.5 Å². The van der Waals surface area contributed by atoms with Crippen LogP contribution < -0.4 is 20.1 Å². The fourth-order valence-electron chi connectivity index (χ4n) is 1.84. The van der Waals surface area contributed by atoms with Crippen molar-refractivity contribution in [3.63, 3.8) is 0 Å². The van der Waals surface area contributed by atoms with Gasteiger partial charge in [0, 0.05) is 0 Å². The number of hydrogen-bond acceptors (Lipinski definition) is 6. The van der Waals surface area contributed by atoms with Crippen molar-refractivity contribution in [2.45, 2.75) is 4.90 Å². The fourth-order valence-corrected chi connectivity index (χ4v) is 3.08. The molecule has 1 amide bonds. The molecule has 0 aliphatic rings. The Morgan fingerprint density at radius 3 is 2.15 bits per heavy atom. The van der Waals surface area contributed by atoms with Crippen molar-refractivity contribution in [1.29, 1.82) is 0 Å². The maximum absolute atomic E-state index is 12.2. The van der Waals surface area contributed by atoms with Crippen molar-refractivity contribution in [2.24, 2.45) is 0 Å². The van der Waals surface area contributed by atoms with Crippen molar-refractivity contribution in [3.8, 4) is 11.5 Å². The highest BCUT2D eigenvalue weighted by Gasteiger charge is 2.24. The highest BCUT2D eigenvalue weighted by atomic mass is 32.2. The van der Waals surface area contributed by atoms with Gasteiger partial charge in [-0.1, -0.05) is 18.2 Å². The molecule has 0 radical (unpaired) electrons. The lowest BCUT2D eigenvalue weighted by Gasteiger charge is -2.10. The van der Waals surface area contributed by atoms with Gasteiger partial charge in [-0.2, -0.15) is 4.72 Å². The van der Waals surface area contributed by atoms with E-state index in [9.17, 15) is 17.8 Å². The van der Waals surface area contributed by atoms with Crippen LogP contribution in [0.2, 0.25) is 0 Å². The lowest BCUT2D eigenvalue weighted by atomic mass is 10.3. The molecule has 2 rings (SSSR count). The normalized spacial score (nSPS) is 11.8. The van der Waals surface area contributed by atoms with Crippen LogP contribution in [0.3, 0.4) is 0 Å². The van der Waals surface area contributed by atoms with E-state index in [4.69, 9.17) is 14.5 Å². The van der Waals surface area contributed by atoms with Gasteiger partial charge in [0.05, 0.1) is 18.2 Å². The van der Waals surface area contributed by atoms with E-state index in [2.05, 4.69) is 10.0 Å². The zero-order chi connectivity index (χ0) is 19.9. The predicted octanol–water partition coefficient (Wildman–Crippen LogP) is 1.15. The minimum absolute atomic E-state index is 0.00367. The average Bonchev–Trinajstić information content (AvgIpc) is 2.62. The third kappa shape index (κ3) is 6.75. The maximum atomic E-state index is 12.2. The van der Waals surface area contributed by atoms with Gasteiger partial charge >= 0.3 is 13.2 Å². The van der Waals surface area contributed by atoms with E-state index in [1.165, 1.54) is 24.3 Å². The third-order valence-corrected chi connectivity index (χ3v) is 5.23. The van der Waals surface area contributed by atoms with Gasteiger partial charge in [-0.25, -0.2) is 13.0 Å². The highest BCUT2D eigenvalue weighted by molar-refractivity contribution is 7.89. The second-order valence-electron chi connectivity index (χ2n) is 5.16. The Bertz CT molecular complexity index is 914. The Hall–Kier alpha value is -2.27. The molecule has 0 aliphatic carbocycles. The monoisotopic (exact) mass is 415 g/mol. The number of rotatable bonds is 9. The quantitative estimate of drug-likeness (QED) is 0.232. The molecule has 0 fully saturated rings. The summed E-state index contributed by atoms with van der Waals surface area (Å²) in [4.78, 5) is 28.1. The predicted molar refractivity (Wildman–Crippen MR) is 96.7 cm³/mol. The van der Waals surface area contributed by atoms with E-state index < -0.39 is 23.3 Å². The van der Waals surface area contributed by atoms with E-state index in [1.54, 1.807) is 12.1 Å². The number of amides is 1. The van der Waals surface area contributed by atoms with E-state index >= 15 is 0 Å². The van der Waals surface area contributed by atoms with Crippen LogP contribution in [0, 0.1) is 0 Å². The maximum Gasteiger partial charge on any atom is 0.413 e. The van der Waals surface area contributed by atoms with Gasteiger partial charge in [0.1, 0.15) is 11.5 Å². The Balaban J connectivity index is 1.84. The molecule has 5 N–H and O–H groups in total. The topological polar surface area (TPSA) is 154 Å². The molecule has 12 heteroatoms. The number of para-hydroxylation sites is 1. The van der Waals surface area contributed by atoms with Crippen LogP contribution in [-0.4, -0.2) is 37.2 Å². The average molecular weight is 415 g/mol. The molecule has 146 valence electrons. The Labute approximate surface area is 155 Å². The van der Waals surface area contributed by atoms with Crippen LogP contribution in [0.5, 0.6) is 11.5 Å². The van der Waals surface area contributed by atoms with Crippen LogP contribution in [0.4, 0.5) is 4.79 Å². The Morgan fingerprint density at radius 2 is 1.56 bits per heavy atom. The summed E-state index contributed by atoms with van der Waals surface area (Å²) in [6.07, 6.45) is 0. The van der Waals surface area contributed by atoms with Crippen molar-refractivity contribution in [3.05, 3.63) is 54.6 Å². The van der Waals surface area contributed by atoms with Crippen LogP contribution in [0.25, 0.3) is 0 Å². The van der Waals surface area contributed by atoms with Gasteiger partial charge in [0.2, 0.25) is 10.0 Å². The first-order chi connectivity index (χ1) is 12.7. The van der Waals surface area contributed by atoms with E-state index in [-0.39, 0.29) is 18.2 Å². The standard InChI is InChI=1S/C15H18N3O7PS/c19-15(26(20,21)22)17-10-16-11-18-27(23,24)14-8-6-13(7-9-14)25-12-4-2-1-3-5-12/h1-9,16,18H,10-11H2,(H,17,19)(H2,20,21,22). The summed E-state index contributed by atoms with van der Waals surface area (Å²) in [6.45, 7) is -0.581. The zero-order valence-electron chi connectivity index (χ0n) is 13.9. The molecule has 0 atom stereocenters. The molecule has 0 saturated carbocycles. The molecule has 0 heterocycles. The molecule has 0 bridgehead atoms. The van der Waals surface area contributed by atoms with Crippen LogP contribution in [0.1, 0.15) is 0 Å². The first kappa shape index (κ1) is 21.0. The van der Waals surface area contributed by atoms with Crippen LogP contribution >= 0.6 is 7.60 Å². The minimum Gasteiger partial charge on any atom is -0.457 e. The first-order valence-electron chi connectivity index (χ1n) is 7.56. The second-order valence-corrected chi connectivity index (χ2v) is 8.42. The van der Waals surface area contributed by atoms with E-state index in [1.807, 2.05) is 23.5 Å². The highest BCUT2D eigenvalue weighted by Crippen LogP contribution is 2.34. The number of carbonyl (C=O) groups is 1. The lowest BCUT2D eigenvalue weighted by molar-refractivity contribution is 0.248. The molecule has 27 heavy (non-hydrogen) atoms. The summed E-state index contributed by atoms with van der Waals surface area (Å²) in [5, 5.41) is 4.38. The molecule has 2 aromatic carbocycles. The van der Waals surface area contributed by atoms with E-state index in [0.717, 1.165) is 0 Å². The summed E-state index contributed by atoms with van der Waals surface area (Å²) in [5.74, 6) is 1.09. The number of hydrogen-bond donors (Lipinski definition) is 5. The number of carbonyl (C=O) groups excluding carboxylic acids is 1. The first-order valence-corrected chi connectivity index (χ1v) is 10.7. The Kier molecular flexibility index (Phi) is 7.08. The summed E-state index contributed by atoms with van der Waals surface area (Å²) in [5.41, 5.74) is -1.45. The van der Waals surface area contributed by atoms with Crippen molar-refractivity contribution in [2.75, 3.05) is 13.3 Å². The number of benzene rings is 2. The summed E-state index contributed by atoms with van der Waals surface area (Å²) in [7, 11) is -8.67. The Morgan fingerprint density at radius 1 is 0.963 bits per heavy atom. The van der Waals surface area contributed by atoms with Gasteiger partial charge in [-0.05, 0) is 36.4 Å². The second kappa shape index (κ2) is 9.09. The smallest absolute Gasteiger partial charge is 0.413 e. The SMILES string of the molecule is O=C(NCNCNS(=O)(=O)c1ccc(Oc2ccccc2)cc1)P(=O)(O)O. The van der Waals surface area contributed by atoms with Crippen molar-refractivity contribution >= 4 is 23.3 Å². The third-order valence-electron chi connectivity index (χ3n) is 3.13. The minimum atomic E-state index is -4.86. The molecule has 0 spiro atoms. The molecule has 0 saturated heterocycles. The summed E-state index contributed by atoms with van der Waals surface area (Å²) < 4.78 is 42.7. The fraction of sp³-hybridized carbons (Fsp3) is 0.133. The molecular weight excluding hydrogens is 397 g/mol. The molecule has 0 aromatic heterocycles. The van der Waals surface area contributed by atoms with Gasteiger partial charge in [-0.3, -0.25) is 10.1 Å². The molecule has 0 unspecified atom stereocenters. The van der Waals surface area contributed by atoms with Gasteiger partial charge < -0.3 is 19.8 Å². The van der Waals surface area contributed by atoms with Gasteiger partial charge in [0.15, 0.2) is 0 Å². The molecular formula is C15H18N3O7PS. The summed E-state index contributed by atoms with van der Waals surface area (Å²) in [6, 6.07) is 14.8. The molecule has 10 nitrogen and oxygen atoms in total. The largest absolute Gasteiger partial charge is 0.457 e. The van der Waals surface area contributed by atoms with Crippen LogP contribution in [-0.2, 0) is 14.6 Å². The number of sulfonamides is 1. The van der Waals surface area contributed by atoms with Crippen LogP contribution in [0.15, 0.2) is 59.5 Å². The van der Waals surface area contributed by atoms with Gasteiger partial charge in [-0.15, -0.1) is 0 Å². The number of ether oxygens (including phenoxy) is 1. The zero-order valence-corrected chi connectivity index (χ0v) is 15.6. The van der Waals surface area contributed by atoms with Gasteiger partial charge in [0.25, 0.3) is 0 Å². The van der Waals surface area contributed by atoms with Crippen molar-refractivity contribution < 1.29 is 32.3 Å². The number of nitrogens with one attached hydrogen (secondary N) is 3. The van der Waals surface area contributed by atoms with Crippen molar-refractivity contribution in [1.82, 2.24) is 15.4 Å².